The van der Waals surface area contributed by atoms with E-state index in [9.17, 15) is 0 Å². The van der Waals surface area contributed by atoms with Crippen LogP contribution in [0.25, 0.3) is 0 Å². The van der Waals surface area contributed by atoms with Crippen LogP contribution in [0, 0.1) is 0 Å². The first-order chi connectivity index (χ1) is 3.43. The zero-order chi connectivity index (χ0) is 5.11. The molecule has 1 rings (SSSR count). The molecule has 0 spiro atoms. The van der Waals surface area contributed by atoms with E-state index in [1.807, 2.05) is 0 Å². The zero-order valence-electron chi connectivity index (χ0n) is 4.35. The van der Waals surface area contributed by atoms with Crippen molar-refractivity contribution in [2.75, 3.05) is 6.61 Å². The van der Waals surface area contributed by atoms with Crippen LogP contribution in [0.5, 0.6) is 0 Å². The van der Waals surface area contributed by atoms with Gasteiger partial charge in [-0.1, -0.05) is 11.6 Å². The van der Waals surface area contributed by atoms with Gasteiger partial charge in [-0.05, 0) is 19.3 Å². The second-order valence-electron chi connectivity index (χ2n) is 1.87. The Morgan fingerprint density at radius 2 is 2.43 bits per heavy atom. The highest BCUT2D eigenvalue weighted by Gasteiger charge is 2.02. The lowest BCUT2D eigenvalue weighted by Gasteiger charge is -2.11. The molecular weight excluding hydrogens is 88.1 g/mol. The van der Waals surface area contributed by atoms with Crippen LogP contribution >= 0.6 is 0 Å². The van der Waals surface area contributed by atoms with E-state index in [0.717, 1.165) is 6.42 Å². The first-order valence-corrected chi connectivity index (χ1v) is 2.72. The molecule has 0 aliphatic heterocycles. The summed E-state index contributed by atoms with van der Waals surface area (Å²) in [7, 11) is 0. The molecule has 0 aromatic carbocycles. The van der Waals surface area contributed by atoms with Crippen LogP contribution in [-0.2, 0) is 0 Å². The summed E-state index contributed by atoms with van der Waals surface area (Å²) in [4.78, 5) is 0. The molecular formula is C6H10O. The van der Waals surface area contributed by atoms with E-state index < -0.39 is 0 Å². The van der Waals surface area contributed by atoms with Crippen molar-refractivity contribution in [3.05, 3.63) is 11.6 Å². The van der Waals surface area contributed by atoms with Gasteiger partial charge in [-0.3, -0.25) is 0 Å². The quantitative estimate of drug-likeness (QED) is 0.512. The maximum atomic E-state index is 8.36. The van der Waals surface area contributed by atoms with Crippen LogP contribution in [0.4, 0.5) is 0 Å². The fraction of sp³-hybridized carbons (Fsp3) is 0.667. The van der Waals surface area contributed by atoms with E-state index in [1.165, 1.54) is 18.4 Å². The van der Waals surface area contributed by atoms with E-state index in [-0.39, 0.29) is 0 Å². The molecule has 0 aromatic heterocycles. The van der Waals surface area contributed by atoms with Gasteiger partial charge in [0.2, 0.25) is 0 Å². The fourth-order valence-corrected chi connectivity index (χ4v) is 0.719. The zero-order valence-corrected chi connectivity index (χ0v) is 4.35. The molecule has 0 amide bonds. The van der Waals surface area contributed by atoms with Crippen molar-refractivity contribution in [3.63, 3.8) is 0 Å². The van der Waals surface area contributed by atoms with Crippen LogP contribution in [0.3, 0.4) is 0 Å². The van der Waals surface area contributed by atoms with E-state index in [2.05, 4.69) is 6.08 Å². The van der Waals surface area contributed by atoms with Gasteiger partial charge < -0.3 is 5.11 Å². The minimum Gasteiger partial charge on any atom is -0.396 e. The fourth-order valence-electron chi connectivity index (χ4n) is 0.719. The maximum absolute atomic E-state index is 8.36. The highest BCUT2D eigenvalue weighted by molar-refractivity contribution is 5.11. The molecule has 0 saturated carbocycles. The summed E-state index contributed by atoms with van der Waals surface area (Å²) in [6.07, 6.45) is 5.55. The summed E-state index contributed by atoms with van der Waals surface area (Å²) in [6, 6.07) is 0. The van der Waals surface area contributed by atoms with E-state index in [4.69, 9.17) is 5.11 Å². The van der Waals surface area contributed by atoms with Crippen LogP contribution < -0.4 is 0 Å². The predicted molar refractivity (Wildman–Crippen MR) is 29.0 cm³/mol. The number of hydrogen-bond donors (Lipinski definition) is 1. The van der Waals surface area contributed by atoms with Crippen LogP contribution in [0.1, 0.15) is 19.3 Å². The van der Waals surface area contributed by atoms with Crippen molar-refractivity contribution in [1.82, 2.24) is 0 Å². The van der Waals surface area contributed by atoms with Crippen molar-refractivity contribution in [1.29, 1.82) is 0 Å². The van der Waals surface area contributed by atoms with E-state index in [1.54, 1.807) is 0 Å². The normalized spacial score (nSPS) is 18.1. The predicted octanol–water partition coefficient (Wildman–Crippen LogP) is 1.09. The molecule has 1 nitrogen and oxygen atoms in total. The lowest BCUT2D eigenvalue weighted by Crippen LogP contribution is -1.95. The SMILES string of the molecule is OCCC1=CCC1. The third-order valence-electron chi connectivity index (χ3n) is 1.33. The summed E-state index contributed by atoms with van der Waals surface area (Å²) < 4.78 is 0. The lowest BCUT2D eigenvalue weighted by atomic mass is 9.97. The number of allylic oxidation sites excluding steroid dienone is 1. The van der Waals surface area contributed by atoms with Gasteiger partial charge in [0.1, 0.15) is 0 Å². The Bertz CT molecular complexity index is 84.2. The minimum absolute atomic E-state index is 0.325. The molecule has 1 aliphatic carbocycles. The Labute approximate surface area is 43.7 Å². The third kappa shape index (κ3) is 1.03. The first kappa shape index (κ1) is 4.85. The molecule has 0 fully saturated rings. The minimum atomic E-state index is 0.325. The Morgan fingerprint density at radius 1 is 1.71 bits per heavy atom. The molecule has 7 heavy (non-hydrogen) atoms. The van der Waals surface area contributed by atoms with Gasteiger partial charge >= 0.3 is 0 Å². The molecule has 0 atom stereocenters. The van der Waals surface area contributed by atoms with Gasteiger partial charge in [0.25, 0.3) is 0 Å². The Kier molecular flexibility index (Phi) is 1.47. The highest BCUT2D eigenvalue weighted by atomic mass is 16.2. The second-order valence-corrected chi connectivity index (χ2v) is 1.87. The van der Waals surface area contributed by atoms with E-state index >= 15 is 0 Å². The second kappa shape index (κ2) is 2.12. The van der Waals surface area contributed by atoms with Crippen LogP contribution in [0.15, 0.2) is 11.6 Å². The van der Waals surface area contributed by atoms with Crippen molar-refractivity contribution in [3.8, 4) is 0 Å². The first-order valence-electron chi connectivity index (χ1n) is 2.72. The molecule has 0 heterocycles. The van der Waals surface area contributed by atoms with Crippen molar-refractivity contribution >= 4 is 0 Å². The number of aliphatic hydroxyl groups is 1. The monoisotopic (exact) mass is 98.1 g/mol. The van der Waals surface area contributed by atoms with Gasteiger partial charge in [0.05, 0.1) is 0 Å². The molecule has 0 saturated heterocycles. The van der Waals surface area contributed by atoms with Crippen molar-refractivity contribution in [2.24, 2.45) is 0 Å². The summed E-state index contributed by atoms with van der Waals surface area (Å²) in [5, 5.41) is 8.36. The Balaban J connectivity index is 2.15. The van der Waals surface area contributed by atoms with Gasteiger partial charge in [-0.15, -0.1) is 0 Å². The van der Waals surface area contributed by atoms with Crippen molar-refractivity contribution < 1.29 is 5.11 Å². The maximum Gasteiger partial charge on any atom is 0.0468 e. The molecule has 1 aliphatic rings. The van der Waals surface area contributed by atoms with Gasteiger partial charge in [-0.25, -0.2) is 0 Å². The summed E-state index contributed by atoms with van der Waals surface area (Å²) in [6.45, 7) is 0.325. The topological polar surface area (TPSA) is 20.2 Å². The standard InChI is InChI=1S/C6H10O/c7-5-4-6-2-1-3-6/h2,7H,1,3-5H2. The average Bonchev–Trinajstić information content (AvgIpc) is 1.55. The molecule has 1 N–H and O–H groups in total. The van der Waals surface area contributed by atoms with Crippen LogP contribution in [-0.4, -0.2) is 11.7 Å². The smallest absolute Gasteiger partial charge is 0.0468 e. The number of rotatable bonds is 2. The van der Waals surface area contributed by atoms with Gasteiger partial charge in [0, 0.05) is 6.61 Å². The molecule has 40 valence electrons. The Morgan fingerprint density at radius 3 is 2.57 bits per heavy atom. The summed E-state index contributed by atoms with van der Waals surface area (Å²) in [5.74, 6) is 0. The molecule has 0 aromatic rings. The van der Waals surface area contributed by atoms with E-state index in [0.29, 0.717) is 6.61 Å². The molecule has 0 bridgehead atoms. The summed E-state index contributed by atoms with van der Waals surface area (Å²) in [5.41, 5.74) is 1.43. The molecule has 1 heteroatoms. The molecule has 0 radical (unpaired) electrons. The Hall–Kier alpha value is -0.300. The van der Waals surface area contributed by atoms with Crippen LogP contribution in [0.2, 0.25) is 0 Å². The average molecular weight is 98.1 g/mol. The third-order valence-corrected chi connectivity index (χ3v) is 1.33. The molecule has 0 unspecified atom stereocenters. The largest absolute Gasteiger partial charge is 0.396 e. The highest BCUT2D eigenvalue weighted by Crippen LogP contribution is 2.19. The number of hydrogen-bond acceptors (Lipinski definition) is 1. The number of aliphatic hydroxyl groups excluding tert-OH is 1. The summed E-state index contributed by atoms with van der Waals surface area (Å²) >= 11 is 0. The van der Waals surface area contributed by atoms with Gasteiger partial charge in [-0.2, -0.15) is 0 Å². The van der Waals surface area contributed by atoms with Crippen molar-refractivity contribution in [2.45, 2.75) is 19.3 Å². The lowest BCUT2D eigenvalue weighted by molar-refractivity contribution is 0.296. The van der Waals surface area contributed by atoms with Gasteiger partial charge in [0.15, 0.2) is 0 Å².